The van der Waals surface area contributed by atoms with Gasteiger partial charge in [0.2, 0.25) is 0 Å². The van der Waals surface area contributed by atoms with Crippen LogP contribution in [0.4, 0.5) is 34.1 Å². The SMILES string of the molecule is C.C.COc1cc(OC)cc(N(CCCN2CCCC2)c2ccc3ncc(-c4cn[nH]c4)nc3c2)c1.COc1cc(OC)cc(N(CCCO)c2ccc3ncc(-c4cnn(CCS(C)(=O)=O)c4)nc3c2)c1.COc1cc(OCCO)cc(N(CCCN2CCCC2)c2ccc3ncc(-c4cnn(C)c4)nc3c2)c1. The van der Waals surface area contributed by atoms with Crippen LogP contribution in [0.2, 0.25) is 0 Å². The zero-order chi connectivity index (χ0) is 74.7. The lowest BCUT2D eigenvalue weighted by atomic mass is 10.1. The minimum atomic E-state index is -3.08. The molecular weight excluding hydrogens is 1400 g/mol. The van der Waals surface area contributed by atoms with E-state index in [4.69, 9.17) is 43.4 Å². The summed E-state index contributed by atoms with van der Waals surface area (Å²) >= 11 is 0. The molecule has 14 rings (SSSR count). The van der Waals surface area contributed by atoms with E-state index in [-0.39, 0.29) is 47.0 Å². The van der Waals surface area contributed by atoms with Gasteiger partial charge in [0.05, 0.1) is 142 Å². The van der Waals surface area contributed by atoms with Gasteiger partial charge < -0.3 is 63.1 Å². The molecule has 2 fully saturated rings. The number of aliphatic hydroxyl groups is 2. The summed E-state index contributed by atoms with van der Waals surface area (Å²) in [5.74, 6) is 4.23. The molecule has 576 valence electrons. The van der Waals surface area contributed by atoms with E-state index in [2.05, 4.69) is 96.2 Å². The van der Waals surface area contributed by atoms with Crippen LogP contribution in [-0.4, -0.2) is 214 Å². The maximum atomic E-state index is 11.5. The number of nitrogens with zero attached hydrogens (tertiary/aromatic N) is 16. The van der Waals surface area contributed by atoms with Gasteiger partial charge in [-0.1, -0.05) is 14.9 Å². The number of anilines is 6. The number of likely N-dealkylation sites (tertiary alicyclic amines) is 2. The molecular formula is C81H101N17O10S. The van der Waals surface area contributed by atoms with Gasteiger partial charge in [-0.15, -0.1) is 0 Å². The first-order chi connectivity index (χ1) is 52.1. The molecule has 0 radical (unpaired) electrons. The van der Waals surface area contributed by atoms with Crippen LogP contribution in [0.1, 0.15) is 59.8 Å². The summed E-state index contributed by atoms with van der Waals surface area (Å²) in [6.45, 7) is 9.69. The minimum Gasteiger partial charge on any atom is -0.497 e. The average Bonchev–Trinajstić information content (AvgIpc) is 1.55. The lowest BCUT2D eigenvalue weighted by Crippen LogP contribution is -2.26. The molecule has 3 N–H and O–H groups in total. The van der Waals surface area contributed by atoms with Gasteiger partial charge in [0.15, 0.2) is 0 Å². The van der Waals surface area contributed by atoms with Crippen molar-refractivity contribution in [2.45, 2.75) is 66.3 Å². The number of H-pyrrole nitrogens is 1. The highest BCUT2D eigenvalue weighted by Gasteiger charge is 2.21. The zero-order valence-electron chi connectivity index (χ0n) is 61.7. The van der Waals surface area contributed by atoms with E-state index in [1.807, 2.05) is 92.2 Å². The highest BCUT2D eigenvalue weighted by molar-refractivity contribution is 7.90. The number of hydrogen-bond acceptors (Lipinski definition) is 24. The molecule has 0 saturated carbocycles. The fourth-order valence-corrected chi connectivity index (χ4v) is 13.6. The van der Waals surface area contributed by atoms with Gasteiger partial charge in [0.25, 0.3) is 0 Å². The van der Waals surface area contributed by atoms with Crippen LogP contribution in [0.5, 0.6) is 34.5 Å². The van der Waals surface area contributed by atoms with Crippen LogP contribution in [0.3, 0.4) is 0 Å². The van der Waals surface area contributed by atoms with Crippen LogP contribution in [0.15, 0.2) is 165 Å². The highest BCUT2D eigenvalue weighted by Crippen LogP contribution is 2.39. The summed E-state index contributed by atoms with van der Waals surface area (Å²) in [4.78, 5) is 40.1. The molecule has 6 aromatic carbocycles. The monoisotopic (exact) mass is 1500 g/mol. The first-order valence-electron chi connectivity index (χ1n) is 35.9. The Labute approximate surface area is 638 Å². The Morgan fingerprint density at radius 1 is 0.450 bits per heavy atom. The number of fused-ring (bicyclic) bond motifs is 3. The molecule has 0 bridgehead atoms. The van der Waals surface area contributed by atoms with Crippen LogP contribution >= 0.6 is 0 Å². The molecule has 2 saturated heterocycles. The van der Waals surface area contributed by atoms with Crippen molar-refractivity contribution in [1.29, 1.82) is 0 Å². The van der Waals surface area contributed by atoms with Gasteiger partial charge in [-0.25, -0.2) is 23.4 Å². The third-order valence-electron chi connectivity index (χ3n) is 18.6. The van der Waals surface area contributed by atoms with E-state index in [1.165, 1.54) is 58.1 Å². The van der Waals surface area contributed by atoms with Crippen molar-refractivity contribution in [3.63, 3.8) is 0 Å². The van der Waals surface area contributed by atoms with Crippen molar-refractivity contribution in [3.05, 3.63) is 165 Å². The van der Waals surface area contributed by atoms with Crippen molar-refractivity contribution >= 4 is 77.1 Å². The fourth-order valence-electron chi connectivity index (χ4n) is 13.1. The van der Waals surface area contributed by atoms with Gasteiger partial charge in [0.1, 0.15) is 50.9 Å². The molecule has 0 unspecified atom stereocenters. The van der Waals surface area contributed by atoms with Crippen molar-refractivity contribution in [3.8, 4) is 68.3 Å². The van der Waals surface area contributed by atoms with Crippen LogP contribution in [-0.2, 0) is 23.4 Å². The summed E-state index contributed by atoms with van der Waals surface area (Å²) in [7, 11) is 7.03. The van der Waals surface area contributed by atoms with E-state index in [1.54, 1.807) is 88.3 Å². The number of aromatic amines is 1. The zero-order valence-corrected chi connectivity index (χ0v) is 62.5. The van der Waals surface area contributed by atoms with Gasteiger partial charge >= 0.3 is 0 Å². The fraction of sp³-hybridized carbons (Fsp3) is 0.370. The van der Waals surface area contributed by atoms with Crippen molar-refractivity contribution < 1.29 is 47.1 Å². The maximum Gasteiger partial charge on any atom is 0.149 e. The molecule has 0 spiro atoms. The summed E-state index contributed by atoms with van der Waals surface area (Å²) < 4.78 is 59.6. The van der Waals surface area contributed by atoms with Crippen LogP contribution in [0, 0.1) is 0 Å². The summed E-state index contributed by atoms with van der Waals surface area (Å²) in [5.41, 5.74) is 15.4. The normalized spacial score (nSPS) is 12.9. The molecule has 109 heavy (non-hydrogen) atoms. The first-order valence-corrected chi connectivity index (χ1v) is 38.0. The lowest BCUT2D eigenvalue weighted by molar-refractivity contribution is 0.201. The number of rotatable bonds is 31. The number of ether oxygens (including phenoxy) is 6. The third-order valence-corrected chi connectivity index (χ3v) is 19.6. The summed E-state index contributed by atoms with van der Waals surface area (Å²) in [6.07, 6.45) is 25.0. The second kappa shape index (κ2) is 38.7. The molecule has 0 aliphatic carbocycles. The Morgan fingerprint density at radius 2 is 0.853 bits per heavy atom. The Morgan fingerprint density at radius 3 is 1.24 bits per heavy atom. The number of sulfone groups is 1. The van der Waals surface area contributed by atoms with Crippen molar-refractivity contribution in [1.82, 2.24) is 69.5 Å². The number of methoxy groups -OCH3 is 5. The third kappa shape index (κ3) is 21.4. The molecule has 28 heteroatoms. The van der Waals surface area contributed by atoms with Gasteiger partial charge in [-0.2, -0.15) is 15.3 Å². The second-order valence-corrected chi connectivity index (χ2v) is 28.5. The Balaban J connectivity index is 0.000000173. The van der Waals surface area contributed by atoms with Gasteiger partial charge in [-0.05, 0) is 139 Å². The smallest absolute Gasteiger partial charge is 0.149 e. The molecule has 0 atom stereocenters. The van der Waals surface area contributed by atoms with Gasteiger partial charge in [-0.3, -0.25) is 29.4 Å². The first kappa shape index (κ1) is 80.5. The summed E-state index contributed by atoms with van der Waals surface area (Å²) in [5, 5.41) is 34.1. The molecule has 12 aromatic rings. The number of benzene rings is 6. The molecule has 27 nitrogen and oxygen atoms in total. The molecule has 2 aliphatic rings. The molecule has 2 aliphatic heterocycles. The highest BCUT2D eigenvalue weighted by atomic mass is 32.2. The maximum absolute atomic E-state index is 11.5. The van der Waals surface area contributed by atoms with E-state index in [0.717, 1.165) is 140 Å². The standard InChI is InChI=1S/C28H34N6O3.C26H30N6O2.C25H29N5O5S.2CH4/c1-32-20-21(18-30-32)28-19-29-26-7-6-22(16-27(26)31-28)34(11-5-10-33-8-3-4-9-33)23-14-24(36-2)17-25(15-23)37-13-12-35;1-33-22-12-21(13-23(15-22)34-2)32(11-5-10-31-8-3-4-9-31)20-6-7-24-25(14-20)30-26(18-27-24)19-16-28-29-17-19;1-34-21-11-20(12-22(14-21)35-2)30(7-4-9-31)19-5-6-23-24(13-19)28-25(16-26-23)18-15-27-29(17-18)8-10-36(3,32)33;;/h6-7,14-20,35H,3-5,8-13H2,1-2H3;6-7,12-18H,3-5,8-11H2,1-2H3,(H,28,29);5-6,11-17,31H,4,7-10H2,1-3H3;2*1H4. The summed E-state index contributed by atoms with van der Waals surface area (Å²) in [6, 6.07) is 35.7. The number of nitrogens with one attached hydrogen (secondary N) is 1. The molecule has 6 aromatic heterocycles. The molecule has 8 heterocycles. The molecule has 0 amide bonds. The van der Waals surface area contributed by atoms with Gasteiger partial charge in [0, 0.05) is 164 Å². The van der Waals surface area contributed by atoms with Crippen molar-refractivity contribution in [2.24, 2.45) is 7.05 Å². The van der Waals surface area contributed by atoms with E-state index in [9.17, 15) is 18.6 Å². The van der Waals surface area contributed by atoms with Crippen molar-refractivity contribution in [2.75, 3.05) is 141 Å². The largest absolute Gasteiger partial charge is 0.497 e. The number of aromatic nitrogens is 12. The van der Waals surface area contributed by atoms with E-state index >= 15 is 0 Å². The Bertz CT molecular complexity index is 4970. The minimum absolute atomic E-state index is 0. The van der Waals surface area contributed by atoms with Crippen LogP contribution < -0.4 is 43.1 Å². The number of hydrogen-bond donors (Lipinski definition) is 3. The van der Waals surface area contributed by atoms with Crippen LogP contribution in [0.25, 0.3) is 66.9 Å². The lowest BCUT2D eigenvalue weighted by Gasteiger charge is -2.27. The Hall–Kier alpha value is -11.0. The number of aliphatic hydroxyl groups excluding tert-OH is 2. The quantitative estimate of drug-likeness (QED) is 0.0364. The predicted octanol–water partition coefficient (Wildman–Crippen LogP) is 13.0. The number of aryl methyl sites for hydroxylation is 2. The second-order valence-electron chi connectivity index (χ2n) is 26.2. The predicted molar refractivity (Wildman–Crippen MR) is 431 cm³/mol. The Kier molecular flexibility index (Phi) is 28.6. The average molecular weight is 1500 g/mol. The van der Waals surface area contributed by atoms with E-state index in [0.29, 0.717) is 47.2 Å². The topological polar surface area (TPSA) is 288 Å². The van der Waals surface area contributed by atoms with E-state index < -0.39 is 9.84 Å².